The molecule has 2 N–H and O–H groups in total. The van der Waals surface area contributed by atoms with Gasteiger partial charge in [0.15, 0.2) is 0 Å². The number of hydrogen-bond acceptors (Lipinski definition) is 3. The van der Waals surface area contributed by atoms with Crippen molar-refractivity contribution >= 4 is 29.9 Å². The molecule has 0 saturated carbocycles. The molecule has 27 heavy (non-hydrogen) atoms. The third-order valence-electron chi connectivity index (χ3n) is 4.90. The van der Waals surface area contributed by atoms with Crippen molar-refractivity contribution in [3.05, 3.63) is 70.7 Å². The summed E-state index contributed by atoms with van der Waals surface area (Å²) in [5.41, 5.74) is 2.04. The first kappa shape index (κ1) is 21.7. The van der Waals surface area contributed by atoms with Gasteiger partial charge in [-0.3, -0.25) is 9.69 Å². The van der Waals surface area contributed by atoms with Crippen LogP contribution in [0.15, 0.2) is 54.6 Å². The van der Waals surface area contributed by atoms with Crippen molar-refractivity contribution in [2.24, 2.45) is 0 Å². The van der Waals surface area contributed by atoms with Gasteiger partial charge in [-0.15, -0.1) is 12.4 Å². The molecule has 2 aromatic carbocycles. The van der Waals surface area contributed by atoms with E-state index in [4.69, 9.17) is 11.6 Å². The second-order valence-corrected chi connectivity index (χ2v) is 7.27. The van der Waals surface area contributed by atoms with Gasteiger partial charge in [-0.2, -0.15) is 0 Å². The molecular weight excluding hydrogens is 381 g/mol. The molecule has 6 heteroatoms. The fraction of sp³-hybridized carbons (Fsp3) is 0.381. The first-order chi connectivity index (χ1) is 12.7. The highest BCUT2D eigenvalue weighted by molar-refractivity contribution is 6.30. The minimum absolute atomic E-state index is 0. The molecule has 0 aliphatic carbocycles. The van der Waals surface area contributed by atoms with E-state index < -0.39 is 0 Å². The van der Waals surface area contributed by atoms with Gasteiger partial charge in [-0.1, -0.05) is 54.1 Å². The quantitative estimate of drug-likeness (QED) is 0.767. The van der Waals surface area contributed by atoms with Crippen molar-refractivity contribution in [3.8, 4) is 0 Å². The predicted octanol–water partition coefficient (Wildman–Crippen LogP) is 3.65. The van der Waals surface area contributed by atoms with Crippen molar-refractivity contribution in [2.45, 2.75) is 24.9 Å². The zero-order chi connectivity index (χ0) is 18.4. The third-order valence-corrected chi connectivity index (χ3v) is 5.14. The van der Waals surface area contributed by atoms with Crippen LogP contribution in [-0.2, 0) is 4.79 Å². The van der Waals surface area contributed by atoms with Crippen molar-refractivity contribution in [3.63, 3.8) is 0 Å². The van der Waals surface area contributed by atoms with Gasteiger partial charge < -0.3 is 10.6 Å². The van der Waals surface area contributed by atoms with Crippen LogP contribution in [0.5, 0.6) is 0 Å². The maximum absolute atomic E-state index is 12.7. The number of nitrogens with one attached hydrogen (secondary N) is 2. The summed E-state index contributed by atoms with van der Waals surface area (Å²) in [5.74, 6) is 0.0376. The van der Waals surface area contributed by atoms with Crippen LogP contribution in [0, 0.1) is 0 Å². The molecule has 1 heterocycles. The highest BCUT2D eigenvalue weighted by Gasteiger charge is 2.22. The lowest BCUT2D eigenvalue weighted by Crippen LogP contribution is -2.48. The summed E-state index contributed by atoms with van der Waals surface area (Å²) >= 11 is 6.17. The smallest absolute Gasteiger partial charge is 0.234 e. The predicted molar refractivity (Wildman–Crippen MR) is 114 cm³/mol. The number of likely N-dealkylation sites (tertiary alicyclic amines) is 1. The number of hydrogen-bond donors (Lipinski definition) is 2. The normalized spacial score (nSPS) is 18.4. The molecule has 0 spiro atoms. The average Bonchev–Trinajstić information content (AvgIpc) is 2.67. The van der Waals surface area contributed by atoms with Crippen molar-refractivity contribution in [2.75, 3.05) is 26.7 Å². The molecule has 1 fully saturated rings. The van der Waals surface area contributed by atoms with Crippen LogP contribution in [-0.4, -0.2) is 43.5 Å². The maximum atomic E-state index is 12.7. The van der Waals surface area contributed by atoms with E-state index in [9.17, 15) is 4.79 Å². The summed E-state index contributed by atoms with van der Waals surface area (Å²) in [7, 11) is 1.98. The highest BCUT2D eigenvalue weighted by Crippen LogP contribution is 2.24. The van der Waals surface area contributed by atoms with E-state index in [1.807, 2.05) is 61.6 Å². The minimum atomic E-state index is -0.202. The van der Waals surface area contributed by atoms with Crippen LogP contribution in [0.2, 0.25) is 5.02 Å². The largest absolute Gasteiger partial charge is 0.344 e. The van der Waals surface area contributed by atoms with Gasteiger partial charge in [0.2, 0.25) is 5.91 Å². The third kappa shape index (κ3) is 6.22. The zero-order valence-electron chi connectivity index (χ0n) is 15.5. The molecular formula is C21H27Cl2N3O. The SMILES string of the molecule is CNC1CCCN(CC(=O)NC(c2ccccc2)c2cccc(Cl)c2)C1.Cl. The Labute approximate surface area is 172 Å². The monoisotopic (exact) mass is 407 g/mol. The van der Waals surface area contributed by atoms with Crippen LogP contribution >= 0.6 is 24.0 Å². The first-order valence-corrected chi connectivity index (χ1v) is 9.53. The van der Waals surface area contributed by atoms with E-state index in [1.54, 1.807) is 0 Å². The standard InChI is InChI=1S/C21H26ClN3O.ClH/c1-23-19-11-6-12-25(14-19)15-20(26)24-21(16-7-3-2-4-8-16)17-9-5-10-18(22)13-17;/h2-5,7-10,13,19,21,23H,6,11-12,14-15H2,1H3,(H,24,26);1H. The number of benzene rings is 2. The first-order valence-electron chi connectivity index (χ1n) is 9.15. The maximum Gasteiger partial charge on any atom is 0.234 e. The second kappa shape index (κ2) is 10.7. The molecule has 0 aromatic heterocycles. The van der Waals surface area contributed by atoms with Crippen LogP contribution in [0.3, 0.4) is 0 Å². The molecule has 1 aliphatic heterocycles. The Kier molecular flexibility index (Phi) is 8.58. The summed E-state index contributed by atoms with van der Waals surface area (Å²) in [5, 5.41) is 7.19. The topological polar surface area (TPSA) is 44.4 Å². The molecule has 2 atom stereocenters. The van der Waals surface area contributed by atoms with Crippen molar-refractivity contribution in [1.82, 2.24) is 15.5 Å². The number of piperidine rings is 1. The van der Waals surface area contributed by atoms with Gasteiger partial charge in [0.05, 0.1) is 12.6 Å². The van der Waals surface area contributed by atoms with Gasteiger partial charge in [0, 0.05) is 17.6 Å². The molecule has 4 nitrogen and oxygen atoms in total. The Balaban J connectivity index is 0.00000261. The van der Waals surface area contributed by atoms with E-state index in [0.717, 1.165) is 30.6 Å². The fourth-order valence-electron chi connectivity index (χ4n) is 3.54. The van der Waals surface area contributed by atoms with E-state index in [0.29, 0.717) is 17.6 Å². The minimum Gasteiger partial charge on any atom is -0.344 e. The van der Waals surface area contributed by atoms with Crippen LogP contribution in [0.25, 0.3) is 0 Å². The summed E-state index contributed by atoms with van der Waals surface area (Å²) in [4.78, 5) is 15.0. The molecule has 2 aromatic rings. The highest BCUT2D eigenvalue weighted by atomic mass is 35.5. The van der Waals surface area contributed by atoms with E-state index >= 15 is 0 Å². The van der Waals surface area contributed by atoms with E-state index in [-0.39, 0.29) is 24.4 Å². The second-order valence-electron chi connectivity index (χ2n) is 6.83. The van der Waals surface area contributed by atoms with Gasteiger partial charge in [0.1, 0.15) is 0 Å². The number of halogens is 2. The Morgan fingerprint density at radius 1 is 1.19 bits per heavy atom. The fourth-order valence-corrected chi connectivity index (χ4v) is 3.73. The van der Waals surface area contributed by atoms with Crippen LogP contribution < -0.4 is 10.6 Å². The molecule has 0 radical (unpaired) electrons. The Hall–Kier alpha value is -1.59. The molecule has 1 amide bonds. The number of carbonyl (C=O) groups is 1. The van der Waals surface area contributed by atoms with E-state index in [2.05, 4.69) is 15.5 Å². The van der Waals surface area contributed by atoms with Crippen LogP contribution in [0.1, 0.15) is 30.0 Å². The summed E-state index contributed by atoms with van der Waals surface area (Å²) in [6, 6.07) is 18.0. The molecule has 3 rings (SSSR count). The van der Waals surface area contributed by atoms with E-state index in [1.165, 1.54) is 6.42 Å². The molecule has 1 aliphatic rings. The Morgan fingerprint density at radius 2 is 1.93 bits per heavy atom. The lowest BCUT2D eigenvalue weighted by Gasteiger charge is -2.32. The van der Waals surface area contributed by atoms with Crippen molar-refractivity contribution < 1.29 is 4.79 Å². The number of nitrogens with zero attached hydrogens (tertiary/aromatic N) is 1. The summed E-state index contributed by atoms with van der Waals surface area (Å²) < 4.78 is 0. The van der Waals surface area contributed by atoms with Gasteiger partial charge in [-0.25, -0.2) is 0 Å². The average molecular weight is 408 g/mol. The Morgan fingerprint density at radius 3 is 2.63 bits per heavy atom. The van der Waals surface area contributed by atoms with Gasteiger partial charge in [0.25, 0.3) is 0 Å². The lowest BCUT2D eigenvalue weighted by atomic mass is 9.98. The number of carbonyl (C=O) groups excluding carboxylic acids is 1. The summed E-state index contributed by atoms with van der Waals surface area (Å²) in [6.45, 7) is 2.30. The van der Waals surface area contributed by atoms with Gasteiger partial charge in [-0.05, 0) is 49.7 Å². The molecule has 146 valence electrons. The molecule has 2 unspecified atom stereocenters. The van der Waals surface area contributed by atoms with Crippen LogP contribution in [0.4, 0.5) is 0 Å². The number of likely N-dealkylation sites (N-methyl/N-ethyl adjacent to an activating group) is 1. The number of rotatable bonds is 6. The van der Waals surface area contributed by atoms with Crippen molar-refractivity contribution in [1.29, 1.82) is 0 Å². The summed E-state index contributed by atoms with van der Waals surface area (Å²) in [6.07, 6.45) is 2.29. The van der Waals surface area contributed by atoms with Gasteiger partial charge >= 0.3 is 0 Å². The number of amides is 1. The molecule has 1 saturated heterocycles. The lowest BCUT2D eigenvalue weighted by molar-refractivity contribution is -0.123. The zero-order valence-corrected chi connectivity index (χ0v) is 17.1. The molecule has 0 bridgehead atoms. The Bertz CT molecular complexity index is 726.